The molecule has 0 aliphatic carbocycles. The van der Waals surface area contributed by atoms with E-state index in [1.54, 1.807) is 6.07 Å². The molecule has 5 aliphatic heterocycles. The Hall–Kier alpha value is -2.62. The second-order valence-electron chi connectivity index (χ2n) is 10.3. The third-order valence-electron chi connectivity index (χ3n) is 8.25. The van der Waals surface area contributed by atoms with E-state index in [2.05, 4.69) is 20.4 Å². The Labute approximate surface area is 198 Å². The van der Waals surface area contributed by atoms with E-state index in [1.165, 1.54) is 25.7 Å². The van der Waals surface area contributed by atoms with Crippen molar-refractivity contribution < 1.29 is 19.2 Å². The third kappa shape index (κ3) is 3.66. The molecule has 180 valence electrons. The van der Waals surface area contributed by atoms with Gasteiger partial charge < -0.3 is 5.32 Å². The van der Waals surface area contributed by atoms with Crippen molar-refractivity contribution in [2.75, 3.05) is 26.2 Å². The number of benzene rings is 1. The molecule has 6 rings (SSSR count). The van der Waals surface area contributed by atoms with Crippen LogP contribution in [0.3, 0.4) is 0 Å². The Balaban J connectivity index is 1.15. The number of carbonyl (C=O) groups is 4. The average molecular weight is 466 g/mol. The van der Waals surface area contributed by atoms with Crippen molar-refractivity contribution >= 4 is 23.6 Å². The first-order valence-corrected chi connectivity index (χ1v) is 12.5. The molecule has 4 amide bonds. The van der Waals surface area contributed by atoms with Crippen LogP contribution in [0, 0.1) is 0 Å². The molecule has 3 unspecified atom stereocenters. The number of hydrogen-bond acceptors (Lipinski definition) is 7. The molecule has 2 N–H and O–H groups in total. The van der Waals surface area contributed by atoms with Crippen LogP contribution in [0.4, 0.5) is 0 Å². The van der Waals surface area contributed by atoms with Crippen LogP contribution >= 0.6 is 0 Å². The Bertz CT molecular complexity index is 1040. The van der Waals surface area contributed by atoms with E-state index in [-0.39, 0.29) is 18.7 Å². The molecule has 9 heteroatoms. The summed E-state index contributed by atoms with van der Waals surface area (Å²) in [5.74, 6) is -1.83. The Morgan fingerprint density at radius 3 is 2.24 bits per heavy atom. The molecule has 3 atom stereocenters. The van der Waals surface area contributed by atoms with Gasteiger partial charge in [0.25, 0.3) is 11.8 Å². The summed E-state index contributed by atoms with van der Waals surface area (Å²) in [6, 6.07) is 6.44. The van der Waals surface area contributed by atoms with Crippen LogP contribution in [0.15, 0.2) is 18.2 Å². The van der Waals surface area contributed by atoms with E-state index in [9.17, 15) is 19.2 Å². The fourth-order valence-electron chi connectivity index (χ4n) is 6.73. The predicted molar refractivity (Wildman–Crippen MR) is 123 cm³/mol. The number of amides is 4. The summed E-state index contributed by atoms with van der Waals surface area (Å²) in [5, 5.41) is 5.71. The first-order valence-electron chi connectivity index (χ1n) is 12.5. The van der Waals surface area contributed by atoms with E-state index in [4.69, 9.17) is 0 Å². The number of piperazine rings is 1. The molecule has 2 bridgehead atoms. The molecule has 5 heterocycles. The molecule has 4 fully saturated rings. The van der Waals surface area contributed by atoms with Crippen LogP contribution in [0.2, 0.25) is 0 Å². The minimum Gasteiger partial charge on any atom is -0.317 e. The van der Waals surface area contributed by atoms with Crippen LogP contribution in [0.5, 0.6) is 0 Å². The van der Waals surface area contributed by atoms with Gasteiger partial charge in [0.15, 0.2) is 0 Å². The normalized spacial score (nSPS) is 30.7. The molecule has 0 aromatic heterocycles. The zero-order valence-corrected chi connectivity index (χ0v) is 19.3. The van der Waals surface area contributed by atoms with Gasteiger partial charge in [-0.25, -0.2) is 0 Å². The number of nitrogens with zero attached hydrogens (tertiary/aromatic N) is 3. The molecular formula is C25H31N5O4. The highest BCUT2D eigenvalue weighted by Crippen LogP contribution is 2.35. The summed E-state index contributed by atoms with van der Waals surface area (Å²) < 4.78 is 0. The summed E-state index contributed by atoms with van der Waals surface area (Å²) in [6.07, 6.45) is 5.27. The second-order valence-corrected chi connectivity index (χ2v) is 10.3. The number of carbonyl (C=O) groups excluding carboxylic acids is 4. The van der Waals surface area contributed by atoms with E-state index >= 15 is 0 Å². The smallest absolute Gasteiger partial charge is 0.262 e. The minimum absolute atomic E-state index is 0.126. The molecule has 0 saturated carbocycles. The Morgan fingerprint density at radius 1 is 0.824 bits per heavy atom. The summed E-state index contributed by atoms with van der Waals surface area (Å²) in [5.41, 5.74) is 1.72. The lowest BCUT2D eigenvalue weighted by molar-refractivity contribution is -0.136. The number of piperidine rings is 2. The van der Waals surface area contributed by atoms with Crippen molar-refractivity contribution in [3.8, 4) is 0 Å². The maximum Gasteiger partial charge on any atom is 0.262 e. The van der Waals surface area contributed by atoms with Crippen LogP contribution in [-0.2, 0) is 16.1 Å². The van der Waals surface area contributed by atoms with E-state index in [0.717, 1.165) is 43.2 Å². The van der Waals surface area contributed by atoms with E-state index in [0.29, 0.717) is 29.3 Å². The third-order valence-corrected chi connectivity index (χ3v) is 8.25. The largest absolute Gasteiger partial charge is 0.317 e. The summed E-state index contributed by atoms with van der Waals surface area (Å²) in [4.78, 5) is 56.1. The minimum atomic E-state index is -0.924. The zero-order valence-electron chi connectivity index (χ0n) is 19.3. The summed E-state index contributed by atoms with van der Waals surface area (Å²) in [7, 11) is 0. The van der Waals surface area contributed by atoms with Gasteiger partial charge in [-0.1, -0.05) is 6.07 Å². The van der Waals surface area contributed by atoms with Crippen LogP contribution < -0.4 is 10.6 Å². The van der Waals surface area contributed by atoms with Gasteiger partial charge in [0.1, 0.15) is 6.04 Å². The summed E-state index contributed by atoms with van der Waals surface area (Å²) >= 11 is 0. The lowest BCUT2D eigenvalue weighted by Crippen LogP contribution is -2.58. The Kier molecular flexibility index (Phi) is 5.50. The van der Waals surface area contributed by atoms with Crippen molar-refractivity contribution in [2.45, 2.75) is 69.2 Å². The van der Waals surface area contributed by atoms with E-state index in [1.807, 2.05) is 12.1 Å². The van der Waals surface area contributed by atoms with Crippen LogP contribution in [-0.4, -0.2) is 88.7 Å². The highest BCUT2D eigenvalue weighted by atomic mass is 16.2. The topological polar surface area (TPSA) is 102 Å². The lowest BCUT2D eigenvalue weighted by atomic mass is 10.00. The average Bonchev–Trinajstić information content (AvgIpc) is 3.24. The fraction of sp³-hybridized carbons (Fsp3) is 0.600. The van der Waals surface area contributed by atoms with Gasteiger partial charge in [-0.15, -0.1) is 0 Å². The van der Waals surface area contributed by atoms with Gasteiger partial charge in [0, 0.05) is 44.2 Å². The van der Waals surface area contributed by atoms with Gasteiger partial charge in [-0.05, 0) is 62.9 Å². The molecule has 1 aromatic carbocycles. The first kappa shape index (κ1) is 21.9. The molecule has 4 saturated heterocycles. The van der Waals surface area contributed by atoms with Crippen molar-refractivity contribution in [1.29, 1.82) is 0 Å². The van der Waals surface area contributed by atoms with Gasteiger partial charge >= 0.3 is 0 Å². The van der Waals surface area contributed by atoms with Crippen LogP contribution in [0.25, 0.3) is 0 Å². The maximum atomic E-state index is 13.1. The highest BCUT2D eigenvalue weighted by Gasteiger charge is 2.45. The van der Waals surface area contributed by atoms with Crippen LogP contribution in [0.1, 0.15) is 64.8 Å². The Morgan fingerprint density at radius 2 is 1.53 bits per heavy atom. The van der Waals surface area contributed by atoms with Gasteiger partial charge in [0.05, 0.1) is 11.1 Å². The number of fused-ring (bicyclic) bond motifs is 3. The summed E-state index contributed by atoms with van der Waals surface area (Å²) in [6.45, 7) is 5.05. The van der Waals surface area contributed by atoms with Gasteiger partial charge in [-0.3, -0.25) is 39.2 Å². The fourth-order valence-corrected chi connectivity index (χ4v) is 6.73. The molecule has 0 spiro atoms. The number of nitrogens with one attached hydrogen (secondary N) is 2. The number of rotatable bonds is 4. The number of hydrogen-bond donors (Lipinski definition) is 2. The van der Waals surface area contributed by atoms with Gasteiger partial charge in [-0.2, -0.15) is 0 Å². The SMILES string of the molecule is O=C1CCC(N2C(=O)c3ccc(CN4CC5CCC(C4)N5C4CCNCC4)cc3C2=O)C(=O)N1. The maximum absolute atomic E-state index is 13.1. The highest BCUT2D eigenvalue weighted by molar-refractivity contribution is 6.23. The quantitative estimate of drug-likeness (QED) is 0.624. The van der Waals surface area contributed by atoms with Crippen molar-refractivity contribution in [3.05, 3.63) is 34.9 Å². The predicted octanol–water partition coefficient (Wildman–Crippen LogP) is 0.488. The number of imide groups is 2. The van der Waals surface area contributed by atoms with Crippen molar-refractivity contribution in [2.24, 2.45) is 0 Å². The first-order chi connectivity index (χ1) is 16.5. The monoisotopic (exact) mass is 465 g/mol. The molecule has 9 nitrogen and oxygen atoms in total. The lowest BCUT2D eigenvalue weighted by Gasteiger charge is -2.46. The van der Waals surface area contributed by atoms with Crippen molar-refractivity contribution in [3.63, 3.8) is 0 Å². The number of likely N-dealkylation sites (tertiary alicyclic amines) is 1. The second kappa shape index (κ2) is 8.55. The molecule has 0 radical (unpaired) electrons. The van der Waals surface area contributed by atoms with E-state index < -0.39 is 23.8 Å². The molecular weight excluding hydrogens is 434 g/mol. The molecule has 1 aromatic rings. The van der Waals surface area contributed by atoms with Crippen molar-refractivity contribution in [1.82, 2.24) is 25.3 Å². The molecule has 5 aliphatic rings. The standard InChI is InChI=1S/C25H31N5O4/c31-22-6-5-21(23(32)27-22)30-24(33)19-4-1-15(11-20(19)25(30)34)12-28-13-17-2-3-18(14-28)29(17)16-7-9-26-10-8-16/h1,4,11,16-18,21,26H,2-3,5-10,12-14H2,(H,27,31,32). The molecule has 34 heavy (non-hydrogen) atoms. The van der Waals surface area contributed by atoms with Gasteiger partial charge in [0.2, 0.25) is 11.8 Å². The zero-order chi connectivity index (χ0) is 23.4.